The topological polar surface area (TPSA) is 47.3 Å². The molecule has 0 spiro atoms. The van der Waals surface area contributed by atoms with Crippen molar-refractivity contribution in [3.8, 4) is 0 Å². The molecule has 0 radical (unpaired) electrons. The summed E-state index contributed by atoms with van der Waals surface area (Å²) in [5, 5.41) is 0. The van der Waals surface area contributed by atoms with Gasteiger partial charge in [0.1, 0.15) is 11.5 Å². The molecule has 0 saturated heterocycles. The minimum atomic E-state index is -3.09. The molecule has 0 bridgehead atoms. The maximum atomic E-state index is 12.2. The van der Waals surface area contributed by atoms with Gasteiger partial charge in [-0.2, -0.15) is 0 Å². The number of furan rings is 1. The van der Waals surface area contributed by atoms with E-state index in [-0.39, 0.29) is 5.75 Å². The maximum absolute atomic E-state index is 12.2. The van der Waals surface area contributed by atoms with Crippen molar-refractivity contribution >= 4 is 9.84 Å². The summed E-state index contributed by atoms with van der Waals surface area (Å²) in [6.07, 6.45) is 15.7. The van der Waals surface area contributed by atoms with Crippen LogP contribution in [0.25, 0.3) is 0 Å². The van der Waals surface area contributed by atoms with Crippen molar-refractivity contribution in [3.05, 3.63) is 54.0 Å². The summed E-state index contributed by atoms with van der Waals surface area (Å²) in [7, 11) is -3.09. The van der Waals surface area contributed by atoms with Gasteiger partial charge in [0.2, 0.25) is 0 Å². The van der Waals surface area contributed by atoms with Gasteiger partial charge in [0, 0.05) is 6.42 Å². The van der Waals surface area contributed by atoms with Gasteiger partial charge < -0.3 is 4.42 Å². The number of hydrogen-bond acceptors (Lipinski definition) is 3. The van der Waals surface area contributed by atoms with Gasteiger partial charge in [-0.1, -0.05) is 82.4 Å². The fourth-order valence-corrected chi connectivity index (χ4v) is 5.12. The third-order valence-electron chi connectivity index (χ3n) is 5.48. The highest BCUT2D eigenvalue weighted by molar-refractivity contribution is 7.91. The summed E-state index contributed by atoms with van der Waals surface area (Å²) in [6, 6.07) is 12.9. The number of hydrogen-bond donors (Lipinski definition) is 0. The number of rotatable bonds is 16. The summed E-state index contributed by atoms with van der Waals surface area (Å²) in [6.45, 7) is 2.00. The Hall–Kier alpha value is -1.55. The van der Waals surface area contributed by atoms with Crippen LogP contribution in [-0.2, 0) is 16.3 Å². The third kappa shape index (κ3) is 10.2. The number of sulfone groups is 1. The number of unbranched alkanes of at least 4 members (excludes halogenated alkanes) is 11. The van der Waals surface area contributed by atoms with E-state index in [4.69, 9.17) is 4.42 Å². The molecule has 2 rings (SSSR count). The van der Waals surface area contributed by atoms with Crippen LogP contribution in [0.5, 0.6) is 0 Å². The van der Waals surface area contributed by atoms with Gasteiger partial charge in [0.05, 0.1) is 10.6 Å². The monoisotopic (exact) mass is 418 g/mol. The van der Waals surface area contributed by atoms with E-state index >= 15 is 0 Å². The molecule has 0 saturated carbocycles. The lowest BCUT2D eigenvalue weighted by atomic mass is 10.0. The third-order valence-corrected chi connectivity index (χ3v) is 7.30. The molecule has 1 aromatic heterocycles. The molecule has 0 unspecified atom stereocenters. The van der Waals surface area contributed by atoms with E-state index < -0.39 is 9.84 Å². The Labute approximate surface area is 177 Å². The number of aryl methyl sites for hydroxylation is 2. The van der Waals surface area contributed by atoms with Crippen LogP contribution >= 0.6 is 0 Å². The Kier molecular flexibility index (Phi) is 11.2. The van der Waals surface area contributed by atoms with Crippen molar-refractivity contribution in [1.82, 2.24) is 0 Å². The van der Waals surface area contributed by atoms with Crippen LogP contribution in [0.15, 0.2) is 51.8 Å². The predicted octanol–water partition coefficient (Wildman–Crippen LogP) is 7.29. The van der Waals surface area contributed by atoms with E-state index in [9.17, 15) is 8.42 Å². The Bertz CT molecular complexity index is 762. The van der Waals surface area contributed by atoms with E-state index in [2.05, 4.69) is 6.07 Å². The fraction of sp³-hybridized carbons (Fsp3) is 0.600. The zero-order chi connectivity index (χ0) is 20.8. The second-order valence-electron chi connectivity index (χ2n) is 8.14. The molecule has 2 aromatic rings. The van der Waals surface area contributed by atoms with Crippen molar-refractivity contribution in [2.24, 2.45) is 0 Å². The minimum absolute atomic E-state index is 0.274. The van der Waals surface area contributed by atoms with Crippen molar-refractivity contribution in [2.75, 3.05) is 5.75 Å². The van der Waals surface area contributed by atoms with Crippen molar-refractivity contribution in [1.29, 1.82) is 0 Å². The van der Waals surface area contributed by atoms with E-state index in [1.807, 2.05) is 19.1 Å². The molecular weight excluding hydrogens is 380 g/mol. The molecule has 1 heterocycles. The predicted molar refractivity (Wildman–Crippen MR) is 121 cm³/mol. The SMILES string of the molecule is Cc1ccc(CCCCCCCCCCCCCCS(=O)(=O)c2ccccc2)o1. The van der Waals surface area contributed by atoms with Crippen molar-refractivity contribution in [2.45, 2.75) is 95.3 Å². The molecule has 0 aliphatic rings. The van der Waals surface area contributed by atoms with Crippen LogP contribution in [0.3, 0.4) is 0 Å². The van der Waals surface area contributed by atoms with Crippen LogP contribution in [-0.4, -0.2) is 14.2 Å². The zero-order valence-electron chi connectivity index (χ0n) is 18.1. The molecule has 0 fully saturated rings. The molecular formula is C25H38O3S. The summed E-state index contributed by atoms with van der Waals surface area (Å²) < 4.78 is 30.0. The highest BCUT2D eigenvalue weighted by Crippen LogP contribution is 2.16. The summed E-state index contributed by atoms with van der Waals surface area (Å²) in [5.41, 5.74) is 0. The van der Waals surface area contributed by atoms with Gasteiger partial charge in [-0.25, -0.2) is 8.42 Å². The quantitative estimate of drug-likeness (QED) is 0.269. The van der Waals surface area contributed by atoms with Gasteiger partial charge in [0.25, 0.3) is 0 Å². The molecule has 162 valence electrons. The smallest absolute Gasteiger partial charge is 0.178 e. The van der Waals surface area contributed by atoms with Crippen LogP contribution in [0.4, 0.5) is 0 Å². The van der Waals surface area contributed by atoms with Gasteiger partial charge in [-0.3, -0.25) is 0 Å². The zero-order valence-corrected chi connectivity index (χ0v) is 18.9. The lowest BCUT2D eigenvalue weighted by molar-refractivity contribution is 0.469. The van der Waals surface area contributed by atoms with Gasteiger partial charge in [-0.05, 0) is 44.0 Å². The van der Waals surface area contributed by atoms with E-state index in [0.717, 1.165) is 37.2 Å². The fourth-order valence-electron chi connectivity index (χ4n) is 3.72. The van der Waals surface area contributed by atoms with Crippen LogP contribution < -0.4 is 0 Å². The molecule has 0 N–H and O–H groups in total. The lowest BCUT2D eigenvalue weighted by Gasteiger charge is -2.05. The Morgan fingerprint density at radius 2 is 1.17 bits per heavy atom. The van der Waals surface area contributed by atoms with Gasteiger partial charge in [-0.15, -0.1) is 0 Å². The van der Waals surface area contributed by atoms with Crippen LogP contribution in [0.2, 0.25) is 0 Å². The Balaban J connectivity index is 1.35. The van der Waals surface area contributed by atoms with E-state index in [1.165, 1.54) is 57.8 Å². The molecule has 0 amide bonds. The molecule has 4 heteroatoms. The van der Waals surface area contributed by atoms with E-state index in [0.29, 0.717) is 4.90 Å². The molecule has 0 aliphatic heterocycles. The van der Waals surface area contributed by atoms with E-state index in [1.54, 1.807) is 24.3 Å². The van der Waals surface area contributed by atoms with Gasteiger partial charge in [0.15, 0.2) is 9.84 Å². The first kappa shape index (κ1) is 23.7. The highest BCUT2D eigenvalue weighted by atomic mass is 32.2. The van der Waals surface area contributed by atoms with Gasteiger partial charge >= 0.3 is 0 Å². The second-order valence-corrected chi connectivity index (χ2v) is 10.2. The Morgan fingerprint density at radius 1 is 0.655 bits per heavy atom. The first-order valence-electron chi connectivity index (χ1n) is 11.4. The largest absolute Gasteiger partial charge is 0.466 e. The van der Waals surface area contributed by atoms with Crippen LogP contribution in [0.1, 0.15) is 88.6 Å². The first-order chi connectivity index (χ1) is 14.1. The lowest BCUT2D eigenvalue weighted by Crippen LogP contribution is -2.06. The molecule has 3 nitrogen and oxygen atoms in total. The normalized spacial score (nSPS) is 11.8. The average molecular weight is 419 g/mol. The maximum Gasteiger partial charge on any atom is 0.178 e. The first-order valence-corrected chi connectivity index (χ1v) is 13.1. The standard InChI is InChI=1S/C25H38O3S/c1-23-20-21-24(28-23)17-13-10-8-6-4-2-3-5-7-9-11-16-22-29(26,27)25-18-14-12-15-19-25/h12,14-15,18-21H,2-11,13,16-17,22H2,1H3. The van der Waals surface area contributed by atoms with Crippen molar-refractivity contribution in [3.63, 3.8) is 0 Å². The molecule has 0 aliphatic carbocycles. The van der Waals surface area contributed by atoms with Crippen molar-refractivity contribution < 1.29 is 12.8 Å². The molecule has 29 heavy (non-hydrogen) atoms. The highest BCUT2D eigenvalue weighted by Gasteiger charge is 2.12. The average Bonchev–Trinajstić information content (AvgIpc) is 3.14. The summed E-state index contributed by atoms with van der Waals surface area (Å²) >= 11 is 0. The molecule has 1 aromatic carbocycles. The summed E-state index contributed by atoms with van der Waals surface area (Å²) in [4.78, 5) is 0.455. The Morgan fingerprint density at radius 3 is 1.69 bits per heavy atom. The number of benzene rings is 1. The van der Waals surface area contributed by atoms with Crippen LogP contribution in [0, 0.1) is 6.92 Å². The molecule has 0 atom stereocenters. The summed E-state index contributed by atoms with van der Waals surface area (Å²) in [5.74, 6) is 2.41. The second kappa shape index (κ2) is 13.6. The minimum Gasteiger partial charge on any atom is -0.466 e.